The molecule has 2 rings (SSSR count). The first-order chi connectivity index (χ1) is 9.61. The molecule has 0 bridgehead atoms. The molecule has 1 aliphatic heterocycles. The molecule has 0 unspecified atom stereocenters. The first-order valence-electron chi connectivity index (χ1n) is 7.25. The van der Waals surface area contributed by atoms with Crippen molar-refractivity contribution in [3.63, 3.8) is 0 Å². The van der Waals surface area contributed by atoms with Crippen LogP contribution >= 0.6 is 11.3 Å². The number of aryl methyl sites for hydroxylation is 1. The Morgan fingerprint density at radius 2 is 2.05 bits per heavy atom. The van der Waals surface area contributed by atoms with E-state index in [4.69, 9.17) is 0 Å². The van der Waals surface area contributed by atoms with Gasteiger partial charge in [-0.3, -0.25) is 9.59 Å². The Balaban J connectivity index is 1.85. The van der Waals surface area contributed by atoms with Crippen LogP contribution in [0.25, 0.3) is 0 Å². The maximum atomic E-state index is 12.3. The maximum Gasteiger partial charge on any atom is 0.263 e. The number of carbonyl (C=O) groups excluding carboxylic acids is 2. The van der Waals surface area contributed by atoms with Gasteiger partial charge in [-0.25, -0.2) is 0 Å². The van der Waals surface area contributed by atoms with Crippen LogP contribution in [0.15, 0.2) is 12.1 Å². The van der Waals surface area contributed by atoms with Crippen LogP contribution in [0.4, 0.5) is 0 Å². The van der Waals surface area contributed by atoms with E-state index in [1.54, 1.807) is 0 Å². The lowest BCUT2D eigenvalue weighted by atomic mass is 9.96. The highest BCUT2D eigenvalue weighted by atomic mass is 32.1. The summed E-state index contributed by atoms with van der Waals surface area (Å²) >= 11 is 1.54. The monoisotopic (exact) mass is 294 g/mol. The summed E-state index contributed by atoms with van der Waals surface area (Å²) in [6.45, 7) is 6.16. The van der Waals surface area contributed by atoms with E-state index in [2.05, 4.69) is 5.32 Å². The number of thiophene rings is 1. The third kappa shape index (κ3) is 3.60. The molecule has 1 fully saturated rings. The van der Waals surface area contributed by atoms with Crippen LogP contribution in [0.1, 0.15) is 40.7 Å². The maximum absolute atomic E-state index is 12.3. The highest BCUT2D eigenvalue weighted by Gasteiger charge is 2.27. The second-order valence-corrected chi connectivity index (χ2v) is 6.56. The molecule has 4 nitrogen and oxygen atoms in total. The zero-order valence-electron chi connectivity index (χ0n) is 12.1. The lowest BCUT2D eigenvalue weighted by Gasteiger charge is -2.31. The van der Waals surface area contributed by atoms with Crippen molar-refractivity contribution in [3.8, 4) is 0 Å². The standard InChI is InChI=1S/C15H22N2O2S/c1-3-8-16-14(18)12-6-9-17(10-7-12)15(19)13-5-4-11(2)20-13/h4-5,12H,3,6-10H2,1-2H3,(H,16,18). The van der Waals surface area contributed by atoms with Crippen molar-refractivity contribution in [1.82, 2.24) is 10.2 Å². The second kappa shape index (κ2) is 6.88. The van der Waals surface area contributed by atoms with Crippen molar-refractivity contribution in [2.45, 2.75) is 33.1 Å². The third-order valence-electron chi connectivity index (χ3n) is 3.65. The molecular weight excluding hydrogens is 272 g/mol. The summed E-state index contributed by atoms with van der Waals surface area (Å²) in [5, 5.41) is 2.94. The molecule has 0 spiro atoms. The van der Waals surface area contributed by atoms with Gasteiger partial charge in [0.15, 0.2) is 0 Å². The normalized spacial score (nSPS) is 16.2. The Labute approximate surface area is 124 Å². The van der Waals surface area contributed by atoms with Gasteiger partial charge in [0.05, 0.1) is 4.88 Å². The zero-order valence-corrected chi connectivity index (χ0v) is 13.0. The molecule has 0 atom stereocenters. The number of hydrogen-bond donors (Lipinski definition) is 1. The number of nitrogens with zero attached hydrogens (tertiary/aromatic N) is 1. The molecule has 5 heteroatoms. The molecule has 110 valence electrons. The topological polar surface area (TPSA) is 49.4 Å². The van der Waals surface area contributed by atoms with E-state index in [1.807, 2.05) is 30.9 Å². The molecule has 0 radical (unpaired) electrons. The predicted octanol–water partition coefficient (Wildman–Crippen LogP) is 2.43. The summed E-state index contributed by atoms with van der Waals surface area (Å²) in [7, 11) is 0. The minimum absolute atomic E-state index is 0.0654. The van der Waals surface area contributed by atoms with Crippen LogP contribution in [0.5, 0.6) is 0 Å². The molecule has 20 heavy (non-hydrogen) atoms. The molecule has 1 saturated heterocycles. The van der Waals surface area contributed by atoms with Crippen molar-refractivity contribution in [1.29, 1.82) is 0 Å². The molecule has 0 saturated carbocycles. The van der Waals surface area contributed by atoms with Crippen molar-refractivity contribution >= 4 is 23.2 Å². The van der Waals surface area contributed by atoms with Gasteiger partial charge in [-0.05, 0) is 38.3 Å². The summed E-state index contributed by atoms with van der Waals surface area (Å²) in [6, 6.07) is 3.87. The van der Waals surface area contributed by atoms with Gasteiger partial charge in [-0.15, -0.1) is 11.3 Å². The Morgan fingerprint density at radius 3 is 2.60 bits per heavy atom. The van der Waals surface area contributed by atoms with Crippen LogP contribution in [0.3, 0.4) is 0 Å². The Hall–Kier alpha value is -1.36. The van der Waals surface area contributed by atoms with Crippen LogP contribution in [0.2, 0.25) is 0 Å². The predicted molar refractivity (Wildman–Crippen MR) is 81.0 cm³/mol. The van der Waals surface area contributed by atoms with Crippen LogP contribution in [-0.4, -0.2) is 36.3 Å². The Morgan fingerprint density at radius 1 is 1.35 bits per heavy atom. The van der Waals surface area contributed by atoms with Gasteiger partial charge in [0, 0.05) is 30.4 Å². The first-order valence-corrected chi connectivity index (χ1v) is 8.07. The largest absolute Gasteiger partial charge is 0.356 e. The second-order valence-electron chi connectivity index (χ2n) is 5.27. The summed E-state index contributed by atoms with van der Waals surface area (Å²) in [4.78, 5) is 28.0. The average Bonchev–Trinajstić information content (AvgIpc) is 2.90. The quantitative estimate of drug-likeness (QED) is 0.927. The van der Waals surface area contributed by atoms with Gasteiger partial charge in [0.1, 0.15) is 0 Å². The number of nitrogens with one attached hydrogen (secondary N) is 1. The van der Waals surface area contributed by atoms with Crippen molar-refractivity contribution in [2.75, 3.05) is 19.6 Å². The van der Waals surface area contributed by atoms with E-state index < -0.39 is 0 Å². The van der Waals surface area contributed by atoms with Crippen LogP contribution in [-0.2, 0) is 4.79 Å². The molecule has 1 N–H and O–H groups in total. The number of piperidine rings is 1. The summed E-state index contributed by atoms with van der Waals surface area (Å²) in [6.07, 6.45) is 2.50. The fourth-order valence-electron chi connectivity index (χ4n) is 2.44. The highest BCUT2D eigenvalue weighted by molar-refractivity contribution is 7.13. The van der Waals surface area contributed by atoms with Crippen LogP contribution < -0.4 is 5.32 Å². The summed E-state index contributed by atoms with van der Waals surface area (Å²) in [5.41, 5.74) is 0. The van der Waals surface area contributed by atoms with E-state index in [-0.39, 0.29) is 17.7 Å². The SMILES string of the molecule is CCCNC(=O)C1CCN(C(=O)c2ccc(C)s2)CC1. The van der Waals surface area contributed by atoms with Gasteiger partial charge in [-0.1, -0.05) is 6.92 Å². The van der Waals surface area contributed by atoms with Crippen molar-refractivity contribution < 1.29 is 9.59 Å². The number of carbonyl (C=O) groups is 2. The number of rotatable bonds is 4. The van der Waals surface area contributed by atoms with Gasteiger partial charge < -0.3 is 10.2 Å². The lowest BCUT2D eigenvalue weighted by molar-refractivity contribution is -0.126. The van der Waals surface area contributed by atoms with E-state index in [0.29, 0.717) is 13.1 Å². The van der Waals surface area contributed by atoms with E-state index >= 15 is 0 Å². The van der Waals surface area contributed by atoms with Crippen molar-refractivity contribution in [2.24, 2.45) is 5.92 Å². The Bertz CT molecular complexity index is 476. The van der Waals surface area contributed by atoms with Gasteiger partial charge in [0.2, 0.25) is 5.91 Å². The van der Waals surface area contributed by atoms with E-state index in [1.165, 1.54) is 11.3 Å². The molecule has 2 heterocycles. The van der Waals surface area contributed by atoms with E-state index in [0.717, 1.165) is 35.6 Å². The lowest BCUT2D eigenvalue weighted by Crippen LogP contribution is -2.43. The number of likely N-dealkylation sites (tertiary alicyclic amines) is 1. The Kier molecular flexibility index (Phi) is 5.17. The minimum atomic E-state index is 0.0654. The molecule has 1 aromatic rings. The molecular formula is C15H22N2O2S. The van der Waals surface area contributed by atoms with Crippen molar-refractivity contribution in [3.05, 3.63) is 21.9 Å². The highest BCUT2D eigenvalue weighted by Crippen LogP contribution is 2.22. The minimum Gasteiger partial charge on any atom is -0.356 e. The third-order valence-corrected chi connectivity index (χ3v) is 4.64. The first kappa shape index (κ1) is 15.0. The molecule has 0 aromatic carbocycles. The number of hydrogen-bond acceptors (Lipinski definition) is 3. The average molecular weight is 294 g/mol. The van der Waals surface area contributed by atoms with Gasteiger partial charge in [-0.2, -0.15) is 0 Å². The smallest absolute Gasteiger partial charge is 0.263 e. The fraction of sp³-hybridized carbons (Fsp3) is 0.600. The fourth-order valence-corrected chi connectivity index (χ4v) is 3.28. The van der Waals surface area contributed by atoms with Gasteiger partial charge in [0.25, 0.3) is 5.91 Å². The van der Waals surface area contributed by atoms with Crippen LogP contribution in [0, 0.1) is 12.8 Å². The molecule has 2 amide bonds. The molecule has 1 aromatic heterocycles. The molecule has 0 aliphatic carbocycles. The number of amides is 2. The van der Waals surface area contributed by atoms with E-state index in [9.17, 15) is 9.59 Å². The summed E-state index contributed by atoms with van der Waals surface area (Å²) in [5.74, 6) is 0.317. The van der Waals surface area contributed by atoms with Gasteiger partial charge >= 0.3 is 0 Å². The summed E-state index contributed by atoms with van der Waals surface area (Å²) < 4.78 is 0. The zero-order chi connectivity index (χ0) is 14.5. The molecule has 1 aliphatic rings.